The van der Waals surface area contributed by atoms with Crippen molar-refractivity contribution in [3.63, 3.8) is 0 Å². The van der Waals surface area contributed by atoms with Gasteiger partial charge >= 0.3 is 0 Å². The Bertz CT molecular complexity index is 1430. The summed E-state index contributed by atoms with van der Waals surface area (Å²) in [5, 5.41) is 25.1. The molecule has 2 fully saturated rings. The molecule has 4 atom stereocenters. The number of carbonyl (C=O) groups is 2. The smallest absolute Gasteiger partial charge is 0.224 e. The van der Waals surface area contributed by atoms with Gasteiger partial charge in [0.2, 0.25) is 11.8 Å². The van der Waals surface area contributed by atoms with Crippen LogP contribution in [-0.4, -0.2) is 58.8 Å². The molecule has 2 aliphatic heterocycles. The fraction of sp³-hybridized carbons (Fsp3) is 0.459. The van der Waals surface area contributed by atoms with Crippen LogP contribution in [0.4, 0.5) is 11.4 Å². The van der Waals surface area contributed by atoms with E-state index in [1.54, 1.807) is 12.1 Å². The van der Waals surface area contributed by atoms with Crippen LogP contribution in [0.3, 0.4) is 0 Å². The van der Waals surface area contributed by atoms with Crippen LogP contribution in [0.2, 0.25) is 0 Å². The lowest BCUT2D eigenvalue weighted by molar-refractivity contribution is -0.253. The number of benzene rings is 3. The van der Waals surface area contributed by atoms with Crippen molar-refractivity contribution in [1.82, 2.24) is 10.2 Å². The lowest BCUT2D eigenvalue weighted by Crippen LogP contribution is -2.42. The monoisotopic (exact) mass is 644 g/mol. The minimum absolute atomic E-state index is 0.00329. The molecule has 252 valence electrons. The predicted molar refractivity (Wildman–Crippen MR) is 181 cm³/mol. The number of nitrogens with two attached hydrogens (primary N) is 1. The second-order valence-corrected chi connectivity index (χ2v) is 12.5. The summed E-state index contributed by atoms with van der Waals surface area (Å²) in [5.41, 5.74) is 10.8. The fourth-order valence-electron chi connectivity index (χ4n) is 6.29. The summed E-state index contributed by atoms with van der Waals surface area (Å²) in [7, 11) is 0. The molecule has 2 saturated heterocycles. The molecule has 3 aromatic rings. The summed E-state index contributed by atoms with van der Waals surface area (Å²) in [6, 6.07) is 23.1. The Balaban J connectivity index is 1.08. The predicted octanol–water partition coefficient (Wildman–Crippen LogP) is 4.97. The van der Waals surface area contributed by atoms with Gasteiger partial charge in [0, 0.05) is 44.0 Å². The Kier molecular flexibility index (Phi) is 12.8. The van der Waals surface area contributed by atoms with Crippen molar-refractivity contribution in [2.24, 2.45) is 0 Å². The van der Waals surface area contributed by atoms with Crippen molar-refractivity contribution >= 4 is 23.2 Å². The molecule has 3 aromatic carbocycles. The van der Waals surface area contributed by atoms with E-state index in [9.17, 15) is 19.8 Å². The van der Waals surface area contributed by atoms with Crippen molar-refractivity contribution in [3.05, 3.63) is 95.1 Å². The lowest BCUT2D eigenvalue weighted by Gasteiger charge is -2.38. The third-order valence-corrected chi connectivity index (χ3v) is 9.05. The van der Waals surface area contributed by atoms with Crippen molar-refractivity contribution < 1.29 is 29.3 Å². The maximum atomic E-state index is 12.5. The minimum Gasteiger partial charge on any atom is -0.397 e. The van der Waals surface area contributed by atoms with Crippen LogP contribution >= 0.6 is 0 Å². The molecule has 0 unspecified atom stereocenters. The average molecular weight is 645 g/mol. The third kappa shape index (κ3) is 10.1. The van der Waals surface area contributed by atoms with Gasteiger partial charge < -0.3 is 36.1 Å². The van der Waals surface area contributed by atoms with E-state index in [4.69, 9.17) is 15.2 Å². The van der Waals surface area contributed by atoms with Crippen molar-refractivity contribution in [2.75, 3.05) is 30.7 Å². The van der Waals surface area contributed by atoms with E-state index in [1.807, 2.05) is 60.7 Å². The Labute approximate surface area is 277 Å². The number of nitrogen functional groups attached to an aromatic ring is 1. The Morgan fingerprint density at radius 2 is 1.55 bits per heavy atom. The van der Waals surface area contributed by atoms with Crippen LogP contribution in [0.25, 0.3) is 0 Å². The Morgan fingerprint density at radius 1 is 0.851 bits per heavy atom. The molecule has 6 N–H and O–H groups in total. The standard InChI is InChI=1S/C37H48N4O6/c38-32-8-4-5-9-33(32)40-36(45)11-3-1-2-10-35(44)39-22-26-12-18-29(19-13-26)37-46-31(23-41-20-6-7-30(41)25-43)21-34(47-37)28-16-14-27(24-42)15-17-28/h4-5,8-9,12-19,30-31,34,37,42-43H,1-3,6-7,10-11,20-25,38H2,(H,39,44)(H,40,45)/t30-,31-,34+,37+/m0/s1. The first-order valence-electron chi connectivity index (χ1n) is 16.8. The van der Waals surface area contributed by atoms with Crippen molar-refractivity contribution in [2.45, 2.75) is 89.1 Å². The van der Waals surface area contributed by atoms with Gasteiger partial charge in [0.1, 0.15) is 0 Å². The van der Waals surface area contributed by atoms with Crippen LogP contribution in [0.1, 0.15) is 86.0 Å². The normalized spacial score (nSPS) is 21.4. The number of para-hydroxylation sites is 2. The molecule has 0 radical (unpaired) electrons. The number of amides is 2. The molecule has 5 rings (SSSR count). The number of rotatable bonds is 15. The number of nitrogens with zero attached hydrogens (tertiary/aromatic N) is 1. The molecular weight excluding hydrogens is 596 g/mol. The van der Waals surface area contributed by atoms with E-state index in [-0.39, 0.29) is 43.3 Å². The zero-order valence-corrected chi connectivity index (χ0v) is 27.0. The summed E-state index contributed by atoms with van der Waals surface area (Å²) >= 11 is 0. The highest BCUT2D eigenvalue weighted by Gasteiger charge is 2.35. The summed E-state index contributed by atoms with van der Waals surface area (Å²) in [4.78, 5) is 27.0. The summed E-state index contributed by atoms with van der Waals surface area (Å²) in [6.07, 6.45) is 4.97. The number of aliphatic hydroxyl groups excluding tert-OH is 2. The zero-order chi connectivity index (χ0) is 33.0. The number of likely N-dealkylation sites (tertiary alicyclic amines) is 1. The van der Waals surface area contributed by atoms with Gasteiger partial charge in [-0.05, 0) is 61.1 Å². The zero-order valence-electron chi connectivity index (χ0n) is 27.0. The minimum atomic E-state index is -0.553. The number of hydrogen-bond acceptors (Lipinski definition) is 8. The number of ether oxygens (including phenoxy) is 2. The van der Waals surface area contributed by atoms with Crippen molar-refractivity contribution in [1.29, 1.82) is 0 Å². The quantitative estimate of drug-likeness (QED) is 0.115. The second kappa shape index (κ2) is 17.4. The van der Waals surface area contributed by atoms with Crippen LogP contribution in [0.5, 0.6) is 0 Å². The number of unbranched alkanes of at least 4 members (excludes halogenated alkanes) is 2. The van der Waals surface area contributed by atoms with E-state index in [1.165, 1.54) is 0 Å². The van der Waals surface area contributed by atoms with Gasteiger partial charge in [0.05, 0.1) is 36.8 Å². The van der Waals surface area contributed by atoms with Gasteiger partial charge in [-0.3, -0.25) is 14.5 Å². The van der Waals surface area contributed by atoms with Crippen LogP contribution < -0.4 is 16.4 Å². The first-order valence-corrected chi connectivity index (χ1v) is 16.8. The summed E-state index contributed by atoms with van der Waals surface area (Å²) in [6.45, 7) is 2.26. The van der Waals surface area contributed by atoms with Crippen molar-refractivity contribution in [3.8, 4) is 0 Å². The summed E-state index contributed by atoms with van der Waals surface area (Å²) in [5.74, 6) is -0.0972. The van der Waals surface area contributed by atoms with E-state index < -0.39 is 6.29 Å². The van der Waals surface area contributed by atoms with Gasteiger partial charge in [-0.25, -0.2) is 0 Å². The van der Waals surface area contributed by atoms with E-state index in [2.05, 4.69) is 15.5 Å². The van der Waals surface area contributed by atoms with Gasteiger partial charge in [-0.2, -0.15) is 0 Å². The third-order valence-electron chi connectivity index (χ3n) is 9.05. The van der Waals surface area contributed by atoms with Crippen LogP contribution in [0, 0.1) is 0 Å². The highest BCUT2D eigenvalue weighted by atomic mass is 16.7. The van der Waals surface area contributed by atoms with Gasteiger partial charge in [0.25, 0.3) is 0 Å². The molecule has 0 aliphatic carbocycles. The van der Waals surface area contributed by atoms with Crippen LogP contribution in [0.15, 0.2) is 72.8 Å². The molecule has 10 heteroatoms. The number of aliphatic hydroxyl groups is 2. The highest BCUT2D eigenvalue weighted by molar-refractivity contribution is 5.93. The number of nitrogens with one attached hydrogen (secondary N) is 2. The fourth-order valence-corrected chi connectivity index (χ4v) is 6.29. The number of carbonyl (C=O) groups excluding carboxylic acids is 2. The van der Waals surface area contributed by atoms with Gasteiger partial charge in [-0.1, -0.05) is 67.1 Å². The molecule has 2 amide bonds. The molecule has 0 spiro atoms. The van der Waals surface area contributed by atoms with E-state index in [0.717, 1.165) is 54.6 Å². The molecule has 0 bridgehead atoms. The largest absolute Gasteiger partial charge is 0.397 e. The molecule has 10 nitrogen and oxygen atoms in total. The first-order chi connectivity index (χ1) is 22.9. The number of hydrogen-bond donors (Lipinski definition) is 5. The second-order valence-electron chi connectivity index (χ2n) is 12.5. The first kappa shape index (κ1) is 34.5. The number of anilines is 2. The maximum absolute atomic E-state index is 12.5. The maximum Gasteiger partial charge on any atom is 0.224 e. The SMILES string of the molecule is Nc1ccccc1NC(=O)CCCCCC(=O)NCc1ccc([C@@H]2O[C@H](CN3CCC[C@H]3CO)C[C@H](c3ccc(CO)cc3)O2)cc1. The van der Waals surface area contributed by atoms with E-state index in [0.29, 0.717) is 50.0 Å². The summed E-state index contributed by atoms with van der Waals surface area (Å²) < 4.78 is 13.0. The van der Waals surface area contributed by atoms with Gasteiger partial charge in [-0.15, -0.1) is 0 Å². The Hall–Kier alpha value is -3.80. The molecule has 2 heterocycles. The highest BCUT2D eigenvalue weighted by Crippen LogP contribution is 2.38. The van der Waals surface area contributed by atoms with Crippen LogP contribution in [-0.2, 0) is 32.2 Å². The van der Waals surface area contributed by atoms with E-state index >= 15 is 0 Å². The molecule has 47 heavy (non-hydrogen) atoms. The van der Waals surface area contributed by atoms with Gasteiger partial charge in [0.15, 0.2) is 6.29 Å². The molecule has 0 aromatic heterocycles. The average Bonchev–Trinajstić information content (AvgIpc) is 3.55. The molecular formula is C37H48N4O6. The Morgan fingerprint density at radius 3 is 2.28 bits per heavy atom. The topological polar surface area (TPSA) is 146 Å². The lowest BCUT2D eigenvalue weighted by atomic mass is 9.99. The molecule has 0 saturated carbocycles. The molecule has 2 aliphatic rings.